The number of hydrogen-bond donors (Lipinski definition) is 2. The van der Waals surface area contributed by atoms with Crippen molar-refractivity contribution in [2.45, 2.75) is 18.6 Å². The quantitative estimate of drug-likeness (QED) is 0.246. The fourth-order valence-electron chi connectivity index (χ4n) is 3.16. The molecule has 0 fully saturated rings. The van der Waals surface area contributed by atoms with Crippen LogP contribution in [0.4, 0.5) is 5.13 Å². The molecule has 2 aromatic carbocycles. The van der Waals surface area contributed by atoms with E-state index in [1.165, 1.54) is 29.2 Å². The van der Waals surface area contributed by atoms with Crippen LogP contribution in [0, 0.1) is 6.92 Å². The van der Waals surface area contributed by atoms with E-state index in [-0.39, 0.29) is 24.8 Å². The largest absolute Gasteiger partial charge is 0.495 e. The average molecular weight is 595 g/mol. The van der Waals surface area contributed by atoms with Crippen LogP contribution in [0.5, 0.6) is 11.5 Å². The van der Waals surface area contributed by atoms with Gasteiger partial charge in [0.15, 0.2) is 17.6 Å². The molecule has 0 atom stereocenters. The van der Waals surface area contributed by atoms with Crippen LogP contribution in [0.3, 0.4) is 0 Å². The molecule has 0 spiro atoms. The number of nitrogens with one attached hydrogen (secondary N) is 2. The highest BCUT2D eigenvalue weighted by Crippen LogP contribution is 2.29. The zero-order valence-electron chi connectivity index (χ0n) is 20.1. The molecule has 0 saturated carbocycles. The number of nitrogens with zero attached hydrogens (tertiary/aromatic N) is 5. The molecule has 0 bridgehead atoms. The third-order valence-electron chi connectivity index (χ3n) is 4.83. The number of methoxy groups -OCH3 is 1. The number of halogens is 2. The van der Waals surface area contributed by atoms with Crippen molar-refractivity contribution in [1.29, 1.82) is 0 Å². The third kappa shape index (κ3) is 7.13. The Morgan fingerprint density at radius 2 is 1.87 bits per heavy atom. The van der Waals surface area contributed by atoms with Gasteiger partial charge in [0.2, 0.25) is 11.0 Å². The van der Waals surface area contributed by atoms with E-state index in [2.05, 4.69) is 31.0 Å². The van der Waals surface area contributed by atoms with E-state index in [1.807, 2.05) is 18.2 Å². The summed E-state index contributed by atoms with van der Waals surface area (Å²) in [4.78, 5) is 24.9. The van der Waals surface area contributed by atoms with Crippen LogP contribution in [0.15, 0.2) is 47.6 Å². The Hall–Kier alpha value is -3.39. The summed E-state index contributed by atoms with van der Waals surface area (Å²) < 4.78 is 12.7. The summed E-state index contributed by atoms with van der Waals surface area (Å²) in [5, 5.41) is 24.1. The summed E-state index contributed by atoms with van der Waals surface area (Å²) >= 11 is 14.4. The van der Waals surface area contributed by atoms with Gasteiger partial charge in [-0.3, -0.25) is 19.5 Å². The highest BCUT2D eigenvalue weighted by molar-refractivity contribution is 7.99. The summed E-state index contributed by atoms with van der Waals surface area (Å²) in [7, 11) is 1.55. The van der Waals surface area contributed by atoms with Crippen LogP contribution in [0.2, 0.25) is 10.0 Å². The minimum atomic E-state index is -0.397. The molecular formula is C23H21Cl2N7O4S2. The molecule has 0 saturated heterocycles. The van der Waals surface area contributed by atoms with E-state index in [1.54, 1.807) is 36.8 Å². The Balaban J connectivity index is 1.46. The molecule has 0 unspecified atom stereocenters. The number of aromatic nitrogens is 5. The maximum Gasteiger partial charge on any atom is 0.258 e. The van der Waals surface area contributed by atoms with Crippen molar-refractivity contribution in [3.8, 4) is 17.2 Å². The predicted octanol–water partition coefficient (Wildman–Crippen LogP) is 4.17. The molecule has 15 heteroatoms. The first kappa shape index (κ1) is 27.6. The standard InChI is InChI=1S/C23H21Cl2N7O4S2/c1-13-28-30-22(38-13)27-21(34)12-37-23-31-29-19(32(23)16-5-3-4-6-18(16)35-2)10-26-20(33)11-36-17-8-7-14(24)9-15(17)25/h3-9H,10-12H2,1-2H3,(H,26,33)(H,27,30,34). The lowest BCUT2D eigenvalue weighted by Crippen LogP contribution is -2.29. The number of ether oxygens (including phenoxy) is 2. The first-order valence-corrected chi connectivity index (χ1v) is 13.5. The van der Waals surface area contributed by atoms with Crippen LogP contribution in [-0.4, -0.2) is 56.2 Å². The van der Waals surface area contributed by atoms with Crippen LogP contribution in [0.1, 0.15) is 10.8 Å². The zero-order chi connectivity index (χ0) is 27.1. The highest BCUT2D eigenvalue weighted by atomic mass is 35.5. The van der Waals surface area contributed by atoms with E-state index in [0.717, 1.165) is 5.01 Å². The maximum absolute atomic E-state index is 12.5. The van der Waals surface area contributed by atoms with Gasteiger partial charge >= 0.3 is 0 Å². The number of carbonyl (C=O) groups is 2. The van der Waals surface area contributed by atoms with E-state index in [4.69, 9.17) is 32.7 Å². The number of carbonyl (C=O) groups excluding carboxylic acids is 2. The number of para-hydroxylation sites is 2. The summed E-state index contributed by atoms with van der Waals surface area (Å²) in [5.74, 6) is 0.712. The lowest BCUT2D eigenvalue weighted by Gasteiger charge is -2.14. The van der Waals surface area contributed by atoms with Crippen LogP contribution >= 0.6 is 46.3 Å². The molecule has 38 heavy (non-hydrogen) atoms. The lowest BCUT2D eigenvalue weighted by atomic mass is 10.3. The molecular weight excluding hydrogens is 573 g/mol. The second-order valence-electron chi connectivity index (χ2n) is 7.51. The summed E-state index contributed by atoms with van der Waals surface area (Å²) in [5.41, 5.74) is 0.649. The molecule has 2 heterocycles. The molecule has 4 aromatic rings. The van der Waals surface area contributed by atoms with Crippen molar-refractivity contribution in [2.75, 3.05) is 24.8 Å². The number of amides is 2. The monoisotopic (exact) mass is 593 g/mol. The summed E-state index contributed by atoms with van der Waals surface area (Å²) in [6, 6.07) is 12.0. The van der Waals surface area contributed by atoms with Gasteiger partial charge in [-0.15, -0.1) is 20.4 Å². The second kappa shape index (κ2) is 12.9. The number of aryl methyl sites for hydroxylation is 1. The normalized spacial score (nSPS) is 10.7. The number of hydrogen-bond acceptors (Lipinski definition) is 10. The first-order chi connectivity index (χ1) is 18.3. The number of thioether (sulfide) groups is 1. The Morgan fingerprint density at radius 1 is 1.05 bits per heavy atom. The minimum Gasteiger partial charge on any atom is -0.495 e. The van der Waals surface area contributed by atoms with Gasteiger partial charge in [-0.05, 0) is 37.3 Å². The van der Waals surface area contributed by atoms with Gasteiger partial charge in [-0.25, -0.2) is 0 Å². The molecule has 0 aliphatic heterocycles. The van der Waals surface area contributed by atoms with E-state index >= 15 is 0 Å². The van der Waals surface area contributed by atoms with Gasteiger partial charge in [0.25, 0.3) is 5.91 Å². The topological polar surface area (TPSA) is 133 Å². The molecule has 198 valence electrons. The molecule has 0 aliphatic rings. The van der Waals surface area contributed by atoms with Crippen LogP contribution in [-0.2, 0) is 16.1 Å². The van der Waals surface area contributed by atoms with Gasteiger partial charge in [0, 0.05) is 5.02 Å². The SMILES string of the molecule is COc1ccccc1-n1c(CNC(=O)COc2ccc(Cl)cc2Cl)nnc1SCC(=O)Nc1nnc(C)s1. The van der Waals surface area contributed by atoms with Crippen molar-refractivity contribution in [3.63, 3.8) is 0 Å². The molecule has 2 aromatic heterocycles. The van der Waals surface area contributed by atoms with E-state index in [0.29, 0.717) is 43.3 Å². The number of benzene rings is 2. The predicted molar refractivity (Wildman–Crippen MR) is 146 cm³/mol. The van der Waals surface area contributed by atoms with Gasteiger partial charge in [0.1, 0.15) is 16.5 Å². The Kier molecular flexibility index (Phi) is 9.39. The Bertz CT molecular complexity index is 1450. The van der Waals surface area contributed by atoms with Crippen molar-refractivity contribution in [3.05, 3.63) is 63.3 Å². The zero-order valence-corrected chi connectivity index (χ0v) is 23.2. The average Bonchev–Trinajstić information content (AvgIpc) is 3.50. The van der Waals surface area contributed by atoms with Crippen LogP contribution in [0.25, 0.3) is 5.69 Å². The fraction of sp³-hybridized carbons (Fsp3) is 0.217. The summed E-state index contributed by atoms with van der Waals surface area (Å²) in [6.07, 6.45) is 0. The molecule has 4 rings (SSSR count). The fourth-order valence-corrected chi connectivity index (χ4v) is 5.00. The Morgan fingerprint density at radius 3 is 2.61 bits per heavy atom. The highest BCUT2D eigenvalue weighted by Gasteiger charge is 2.20. The van der Waals surface area contributed by atoms with Crippen molar-refractivity contribution >= 4 is 63.2 Å². The molecule has 2 N–H and O–H groups in total. The third-order valence-corrected chi connectivity index (χ3v) is 7.04. The maximum atomic E-state index is 12.5. The summed E-state index contributed by atoms with van der Waals surface area (Å²) in [6.45, 7) is 1.58. The molecule has 0 aliphatic carbocycles. The lowest BCUT2D eigenvalue weighted by molar-refractivity contribution is -0.123. The molecule has 2 amide bonds. The van der Waals surface area contributed by atoms with Gasteiger partial charge < -0.3 is 14.8 Å². The molecule has 11 nitrogen and oxygen atoms in total. The second-order valence-corrected chi connectivity index (χ2v) is 10.5. The smallest absolute Gasteiger partial charge is 0.258 e. The van der Waals surface area contributed by atoms with Crippen molar-refractivity contribution in [1.82, 2.24) is 30.3 Å². The van der Waals surface area contributed by atoms with Crippen LogP contribution < -0.4 is 20.1 Å². The van der Waals surface area contributed by atoms with Crippen molar-refractivity contribution in [2.24, 2.45) is 0 Å². The Labute approximate surface area is 235 Å². The van der Waals surface area contributed by atoms with Gasteiger partial charge in [-0.2, -0.15) is 0 Å². The number of anilines is 1. The van der Waals surface area contributed by atoms with Gasteiger partial charge in [-0.1, -0.05) is 58.4 Å². The van der Waals surface area contributed by atoms with E-state index in [9.17, 15) is 9.59 Å². The van der Waals surface area contributed by atoms with Crippen molar-refractivity contribution < 1.29 is 19.1 Å². The minimum absolute atomic E-state index is 0.0401. The number of rotatable bonds is 11. The first-order valence-electron chi connectivity index (χ1n) is 11.0. The van der Waals surface area contributed by atoms with Gasteiger partial charge in [0.05, 0.1) is 30.1 Å². The molecule has 0 radical (unpaired) electrons. The van der Waals surface area contributed by atoms with E-state index < -0.39 is 5.91 Å².